The summed E-state index contributed by atoms with van der Waals surface area (Å²) in [7, 11) is 0. The van der Waals surface area contributed by atoms with Gasteiger partial charge in [-0.3, -0.25) is 4.79 Å². The highest BCUT2D eigenvalue weighted by molar-refractivity contribution is 5.83. The zero-order chi connectivity index (χ0) is 19.8. The van der Waals surface area contributed by atoms with E-state index in [0.717, 1.165) is 34.9 Å². The summed E-state index contributed by atoms with van der Waals surface area (Å²) in [5.74, 6) is 3.44. The molecule has 154 valence electrons. The van der Waals surface area contributed by atoms with Gasteiger partial charge in [-0.2, -0.15) is 0 Å². The molecular formula is C24H31N3O2. The summed E-state index contributed by atoms with van der Waals surface area (Å²) in [4.78, 5) is 12.4. The molecule has 4 bridgehead atoms. The fourth-order valence-electron chi connectivity index (χ4n) is 6.37. The Morgan fingerprint density at radius 2 is 1.69 bits per heavy atom. The largest absolute Gasteiger partial charge is 0.467 e. The van der Waals surface area contributed by atoms with Crippen molar-refractivity contribution in [3.8, 4) is 0 Å². The van der Waals surface area contributed by atoms with Gasteiger partial charge in [-0.25, -0.2) is 0 Å². The van der Waals surface area contributed by atoms with Crippen LogP contribution in [0.15, 0.2) is 47.1 Å². The van der Waals surface area contributed by atoms with Crippen molar-refractivity contribution in [2.75, 3.05) is 17.2 Å². The lowest BCUT2D eigenvalue weighted by atomic mass is 9.53. The van der Waals surface area contributed by atoms with E-state index >= 15 is 0 Å². The monoisotopic (exact) mass is 393 g/mol. The summed E-state index contributed by atoms with van der Waals surface area (Å²) in [5.41, 5.74) is 2.38. The highest BCUT2D eigenvalue weighted by Gasteiger charge is 2.51. The topological polar surface area (TPSA) is 66.3 Å². The number of hydrogen-bond donors (Lipinski definition) is 3. The number of para-hydroxylation sites is 2. The summed E-state index contributed by atoms with van der Waals surface area (Å²) in [6, 6.07) is 11.9. The van der Waals surface area contributed by atoms with Crippen LogP contribution in [0.3, 0.4) is 0 Å². The predicted octanol–water partition coefficient (Wildman–Crippen LogP) is 4.95. The highest BCUT2D eigenvalue weighted by Crippen LogP contribution is 2.56. The van der Waals surface area contributed by atoms with Crippen molar-refractivity contribution >= 4 is 17.3 Å². The van der Waals surface area contributed by atoms with Gasteiger partial charge in [0.1, 0.15) is 5.76 Å². The van der Waals surface area contributed by atoms with E-state index in [-0.39, 0.29) is 24.0 Å². The van der Waals surface area contributed by atoms with Crippen LogP contribution in [0.1, 0.15) is 57.3 Å². The van der Waals surface area contributed by atoms with E-state index in [4.69, 9.17) is 4.42 Å². The van der Waals surface area contributed by atoms with Crippen molar-refractivity contribution in [2.45, 2.75) is 57.0 Å². The van der Waals surface area contributed by atoms with Crippen molar-refractivity contribution < 1.29 is 9.21 Å². The second kappa shape index (κ2) is 7.43. The number of carbonyl (C=O) groups excluding carboxylic acids is 1. The Kier molecular flexibility index (Phi) is 4.76. The van der Waals surface area contributed by atoms with E-state index in [1.807, 2.05) is 25.1 Å². The van der Waals surface area contributed by atoms with E-state index in [1.54, 1.807) is 6.26 Å². The number of nitrogens with one attached hydrogen (secondary N) is 3. The third-order valence-electron chi connectivity index (χ3n) is 7.15. The van der Waals surface area contributed by atoms with Crippen molar-refractivity contribution in [2.24, 2.45) is 17.8 Å². The molecule has 0 saturated heterocycles. The lowest BCUT2D eigenvalue weighted by molar-refractivity contribution is -0.120. The average molecular weight is 394 g/mol. The summed E-state index contributed by atoms with van der Waals surface area (Å²) in [5, 5.41) is 10.3. The molecule has 4 fully saturated rings. The maximum Gasteiger partial charge on any atom is 0.239 e. The van der Waals surface area contributed by atoms with Gasteiger partial charge in [0.25, 0.3) is 0 Å². The van der Waals surface area contributed by atoms with Crippen LogP contribution in [0.5, 0.6) is 0 Å². The smallest absolute Gasteiger partial charge is 0.239 e. The van der Waals surface area contributed by atoms with Crippen molar-refractivity contribution in [1.82, 2.24) is 5.32 Å². The highest BCUT2D eigenvalue weighted by atomic mass is 16.3. The van der Waals surface area contributed by atoms with Gasteiger partial charge < -0.3 is 20.4 Å². The zero-order valence-electron chi connectivity index (χ0n) is 17.1. The minimum Gasteiger partial charge on any atom is -0.467 e. The Morgan fingerprint density at radius 3 is 2.31 bits per heavy atom. The molecule has 1 aromatic carbocycles. The van der Waals surface area contributed by atoms with Gasteiger partial charge in [0.15, 0.2) is 0 Å². The fraction of sp³-hybridized carbons (Fsp3) is 0.542. The van der Waals surface area contributed by atoms with Crippen molar-refractivity contribution in [1.29, 1.82) is 0 Å². The Hall–Kier alpha value is -2.43. The number of rotatable bonds is 7. The number of anilines is 2. The predicted molar refractivity (Wildman–Crippen MR) is 115 cm³/mol. The van der Waals surface area contributed by atoms with Gasteiger partial charge in [-0.05, 0) is 87.5 Å². The van der Waals surface area contributed by atoms with Crippen LogP contribution >= 0.6 is 0 Å². The molecule has 4 saturated carbocycles. The molecule has 1 unspecified atom stereocenters. The molecule has 6 rings (SSSR count). The summed E-state index contributed by atoms with van der Waals surface area (Å²) >= 11 is 0. The van der Waals surface area contributed by atoms with Crippen LogP contribution in [-0.4, -0.2) is 18.0 Å². The quantitative estimate of drug-likeness (QED) is 0.623. The lowest BCUT2D eigenvalue weighted by Gasteiger charge is -2.57. The molecule has 5 nitrogen and oxygen atoms in total. The third-order valence-corrected chi connectivity index (χ3v) is 7.15. The van der Waals surface area contributed by atoms with Gasteiger partial charge in [-0.15, -0.1) is 0 Å². The molecule has 4 aliphatic carbocycles. The third kappa shape index (κ3) is 3.87. The second-order valence-corrected chi connectivity index (χ2v) is 9.53. The molecule has 5 heteroatoms. The molecule has 1 aromatic heterocycles. The van der Waals surface area contributed by atoms with Crippen molar-refractivity contribution in [3.63, 3.8) is 0 Å². The first-order chi connectivity index (χ1) is 14.1. The van der Waals surface area contributed by atoms with Gasteiger partial charge in [0, 0.05) is 5.54 Å². The molecule has 1 amide bonds. The molecule has 0 radical (unpaired) electrons. The SMILES string of the molecule is CC(NC(=O)CNc1ccccc1NC12CC3CC(CC(C3)C1)C2)c1ccco1. The van der Waals surface area contributed by atoms with Gasteiger partial charge in [-0.1, -0.05) is 12.1 Å². The number of benzene rings is 1. The van der Waals surface area contributed by atoms with Gasteiger partial charge in [0.2, 0.25) is 5.91 Å². The Morgan fingerprint density at radius 1 is 1.03 bits per heavy atom. The molecule has 1 atom stereocenters. The van der Waals surface area contributed by atoms with Crippen LogP contribution in [0, 0.1) is 17.8 Å². The normalized spacial score (nSPS) is 30.7. The van der Waals surface area contributed by atoms with Gasteiger partial charge in [0.05, 0.1) is 30.2 Å². The average Bonchev–Trinajstić information content (AvgIpc) is 3.21. The molecule has 0 spiro atoms. The van der Waals surface area contributed by atoms with Crippen LogP contribution in [0.2, 0.25) is 0 Å². The van der Waals surface area contributed by atoms with Crippen LogP contribution in [0.25, 0.3) is 0 Å². The lowest BCUT2D eigenvalue weighted by Crippen LogP contribution is -2.54. The van der Waals surface area contributed by atoms with Crippen LogP contribution in [-0.2, 0) is 4.79 Å². The standard InChI is InChI=1S/C24H31N3O2/c1-16(22-7-4-8-29-22)26-23(28)15-25-20-5-2-3-6-21(20)27-24-12-17-9-18(13-24)11-19(10-17)14-24/h2-8,16-19,25,27H,9-15H2,1H3,(H,26,28). The minimum atomic E-state index is -0.139. The fourth-order valence-corrected chi connectivity index (χ4v) is 6.37. The maximum absolute atomic E-state index is 12.4. The van der Waals surface area contributed by atoms with E-state index in [2.05, 4.69) is 34.1 Å². The maximum atomic E-state index is 12.4. The number of hydrogen-bond acceptors (Lipinski definition) is 4. The summed E-state index contributed by atoms with van der Waals surface area (Å²) in [6.07, 6.45) is 9.85. The molecule has 3 N–H and O–H groups in total. The van der Waals surface area contributed by atoms with E-state index in [1.165, 1.54) is 38.5 Å². The van der Waals surface area contributed by atoms with Crippen LogP contribution in [0.4, 0.5) is 11.4 Å². The Balaban J connectivity index is 1.23. The van der Waals surface area contributed by atoms with Crippen molar-refractivity contribution in [3.05, 3.63) is 48.4 Å². The molecule has 4 aliphatic rings. The minimum absolute atomic E-state index is 0.0430. The first-order valence-electron chi connectivity index (χ1n) is 11.0. The summed E-state index contributed by atoms with van der Waals surface area (Å²) < 4.78 is 5.37. The Bertz CT molecular complexity index is 825. The number of amides is 1. The van der Waals surface area contributed by atoms with E-state index in [9.17, 15) is 4.79 Å². The number of carbonyl (C=O) groups is 1. The molecule has 2 aromatic rings. The Labute approximate surface area is 172 Å². The first kappa shape index (κ1) is 18.6. The van der Waals surface area contributed by atoms with Gasteiger partial charge >= 0.3 is 0 Å². The van der Waals surface area contributed by atoms with Crippen LogP contribution < -0.4 is 16.0 Å². The van der Waals surface area contributed by atoms with E-state index < -0.39 is 0 Å². The van der Waals surface area contributed by atoms with E-state index in [0.29, 0.717) is 0 Å². The summed E-state index contributed by atoms with van der Waals surface area (Å²) in [6.45, 7) is 2.17. The molecule has 29 heavy (non-hydrogen) atoms. The second-order valence-electron chi connectivity index (χ2n) is 9.53. The zero-order valence-corrected chi connectivity index (χ0v) is 17.1. The molecule has 1 heterocycles. The molecular weight excluding hydrogens is 362 g/mol. The first-order valence-corrected chi connectivity index (χ1v) is 11.0. The number of furan rings is 1. The molecule has 0 aliphatic heterocycles.